The van der Waals surface area contributed by atoms with Gasteiger partial charge in [-0.05, 0) is 12.8 Å². The largest absolute Gasteiger partial charge is 0.469 e. The van der Waals surface area contributed by atoms with E-state index in [1.54, 1.807) is 0 Å². The van der Waals surface area contributed by atoms with Crippen LogP contribution in [0.2, 0.25) is 0 Å². The van der Waals surface area contributed by atoms with Gasteiger partial charge >= 0.3 is 13.8 Å². The van der Waals surface area contributed by atoms with E-state index < -0.39 is 13.9 Å². The Bertz CT molecular complexity index is 655. The summed E-state index contributed by atoms with van der Waals surface area (Å²) in [6.07, 6.45) is 36.6. The van der Waals surface area contributed by atoms with Gasteiger partial charge < -0.3 is 19.3 Å². The highest BCUT2D eigenvalue weighted by Crippen LogP contribution is 2.36. The summed E-state index contributed by atoms with van der Waals surface area (Å²) in [7, 11) is -4.64. The molecule has 0 aromatic rings. The smallest absolute Gasteiger partial charge is 0.457 e. The molecule has 0 aliphatic carbocycles. The summed E-state index contributed by atoms with van der Waals surface area (Å²) in [5.41, 5.74) is 0. The van der Waals surface area contributed by atoms with Gasteiger partial charge in [-0.25, -0.2) is 4.57 Å². The molecule has 0 amide bonds. The molecule has 7 nitrogen and oxygen atoms in total. The van der Waals surface area contributed by atoms with E-state index in [4.69, 9.17) is 19.3 Å². The molecule has 0 aromatic carbocycles. The predicted molar refractivity (Wildman–Crippen MR) is 189 cm³/mol. The number of ether oxygens (including phenoxy) is 2. The highest BCUT2D eigenvalue weighted by atomic mass is 31.2. The Balaban J connectivity index is 3.76. The van der Waals surface area contributed by atoms with E-state index in [9.17, 15) is 9.36 Å². The summed E-state index contributed by atoms with van der Waals surface area (Å²) in [5.74, 6) is -0.358. The van der Waals surface area contributed by atoms with E-state index in [0.29, 0.717) is 13.0 Å². The summed E-state index contributed by atoms with van der Waals surface area (Å²) >= 11 is 0. The molecule has 0 fully saturated rings. The lowest BCUT2D eigenvalue weighted by Gasteiger charge is -2.18. The van der Waals surface area contributed by atoms with Gasteiger partial charge in [0, 0.05) is 13.0 Å². The van der Waals surface area contributed by atoms with Crippen molar-refractivity contribution in [2.24, 2.45) is 0 Å². The van der Waals surface area contributed by atoms with Crippen LogP contribution in [0.3, 0.4) is 0 Å². The summed E-state index contributed by atoms with van der Waals surface area (Å²) < 4.78 is 26.9. The van der Waals surface area contributed by atoms with E-state index in [1.165, 1.54) is 154 Å². The van der Waals surface area contributed by atoms with Crippen LogP contribution in [-0.4, -0.2) is 41.7 Å². The quantitative estimate of drug-likeness (QED) is 0.0386. The van der Waals surface area contributed by atoms with Crippen molar-refractivity contribution in [3.05, 3.63) is 0 Å². The normalized spacial score (nSPS) is 12.5. The molecule has 45 heavy (non-hydrogen) atoms. The Morgan fingerprint density at radius 1 is 0.533 bits per heavy atom. The minimum Gasteiger partial charge on any atom is -0.457 e. The van der Waals surface area contributed by atoms with E-state index in [0.717, 1.165) is 32.1 Å². The number of rotatable bonds is 37. The second-order valence-electron chi connectivity index (χ2n) is 13.3. The van der Waals surface area contributed by atoms with Crippen molar-refractivity contribution in [3.8, 4) is 0 Å². The fourth-order valence-corrected chi connectivity index (χ4v) is 6.16. The summed E-state index contributed by atoms with van der Waals surface area (Å²) in [5, 5.41) is 0. The molecule has 0 saturated heterocycles. The third-order valence-corrected chi connectivity index (χ3v) is 9.14. The summed E-state index contributed by atoms with van der Waals surface area (Å²) in [6, 6.07) is 0. The van der Waals surface area contributed by atoms with Gasteiger partial charge in [0.25, 0.3) is 0 Å². The monoisotopic (exact) mass is 669 g/mol. The first kappa shape index (κ1) is 44.5. The number of carbonyl (C=O) groups excluding carboxylic acids is 1. The summed E-state index contributed by atoms with van der Waals surface area (Å²) in [6.45, 7) is 4.79. The van der Waals surface area contributed by atoms with Crippen molar-refractivity contribution in [2.45, 2.75) is 213 Å². The lowest BCUT2D eigenvalue weighted by Crippen LogP contribution is -2.28. The molecule has 270 valence electrons. The van der Waals surface area contributed by atoms with Gasteiger partial charge in [0.15, 0.2) is 0 Å². The van der Waals surface area contributed by atoms with Crippen LogP contribution in [0.25, 0.3) is 0 Å². The Labute approximate surface area is 279 Å². The van der Waals surface area contributed by atoms with Gasteiger partial charge in [0.2, 0.25) is 0 Å². The number of phosphoric ester groups is 1. The van der Waals surface area contributed by atoms with Crippen LogP contribution in [0.4, 0.5) is 0 Å². The van der Waals surface area contributed by atoms with E-state index in [1.807, 2.05) is 0 Å². The molecular formula is C37H75O7P. The van der Waals surface area contributed by atoms with Gasteiger partial charge in [-0.3, -0.25) is 9.32 Å². The van der Waals surface area contributed by atoms with E-state index in [-0.39, 0.29) is 19.2 Å². The van der Waals surface area contributed by atoms with Gasteiger partial charge in [-0.2, -0.15) is 0 Å². The second-order valence-corrected chi connectivity index (χ2v) is 14.5. The van der Waals surface area contributed by atoms with Crippen molar-refractivity contribution < 1.29 is 33.1 Å². The topological polar surface area (TPSA) is 102 Å². The fourth-order valence-electron chi connectivity index (χ4n) is 5.80. The zero-order valence-corrected chi connectivity index (χ0v) is 30.7. The van der Waals surface area contributed by atoms with Gasteiger partial charge in [-0.15, -0.1) is 0 Å². The molecule has 0 spiro atoms. The maximum atomic E-state index is 12.3. The minimum atomic E-state index is -4.64. The zero-order chi connectivity index (χ0) is 33.1. The molecule has 0 radical (unpaired) electrons. The van der Waals surface area contributed by atoms with E-state index in [2.05, 4.69) is 18.4 Å². The number of carbonyl (C=O) groups is 1. The Kier molecular flexibility index (Phi) is 34.5. The average Bonchev–Trinajstić information content (AvgIpc) is 3.01. The standard InChI is InChI=1S/C37H75O7P/c1-3-5-7-9-11-13-15-17-18-19-21-23-25-27-29-31-33-42-34-36(35-43-45(39,40)41)44-37(38)32-30-28-26-24-22-20-16-14-12-10-8-6-4-2/h36H,3-35H2,1-2H3,(H2,39,40,41)/t36-/m0/s1/i34+2,35+2,36+2. The average molecular weight is 669 g/mol. The molecule has 0 aliphatic rings. The lowest BCUT2D eigenvalue weighted by atomic mass is 10.0. The van der Waals surface area contributed by atoms with Crippen LogP contribution in [0.1, 0.15) is 206 Å². The molecule has 0 aromatic heterocycles. The van der Waals surface area contributed by atoms with Crippen molar-refractivity contribution in [3.63, 3.8) is 0 Å². The van der Waals surface area contributed by atoms with Crippen LogP contribution in [0, 0.1) is 0 Å². The van der Waals surface area contributed by atoms with Crippen LogP contribution in [0.5, 0.6) is 0 Å². The number of phosphoric acid groups is 1. The third kappa shape index (κ3) is 37.9. The first-order valence-corrected chi connectivity index (χ1v) is 20.9. The molecule has 0 saturated carbocycles. The maximum absolute atomic E-state index is 12.3. The first-order valence-electron chi connectivity index (χ1n) is 19.4. The van der Waals surface area contributed by atoms with Crippen molar-refractivity contribution >= 4 is 13.8 Å². The van der Waals surface area contributed by atoms with Crippen LogP contribution in [-0.2, 0) is 23.4 Å². The maximum Gasteiger partial charge on any atom is 0.469 e. The zero-order valence-electron chi connectivity index (χ0n) is 29.8. The Morgan fingerprint density at radius 3 is 1.22 bits per heavy atom. The highest BCUT2D eigenvalue weighted by molar-refractivity contribution is 7.46. The Morgan fingerprint density at radius 2 is 0.867 bits per heavy atom. The number of esters is 1. The molecular weight excluding hydrogens is 593 g/mol. The van der Waals surface area contributed by atoms with Crippen LogP contribution in [0.15, 0.2) is 0 Å². The highest BCUT2D eigenvalue weighted by Gasteiger charge is 2.21. The molecule has 2 N–H and O–H groups in total. The fraction of sp³-hybridized carbons (Fsp3) is 0.973. The van der Waals surface area contributed by atoms with Crippen molar-refractivity contribution in [1.82, 2.24) is 0 Å². The van der Waals surface area contributed by atoms with Crippen LogP contribution >= 0.6 is 7.82 Å². The van der Waals surface area contributed by atoms with Gasteiger partial charge in [0.05, 0.1) is 13.2 Å². The Hall–Kier alpha value is -0.460. The number of unbranched alkanes of at least 4 members (excludes halogenated alkanes) is 27. The minimum absolute atomic E-state index is 0.0864. The summed E-state index contributed by atoms with van der Waals surface area (Å²) in [4.78, 5) is 30.5. The molecule has 0 rings (SSSR count). The number of hydrogen-bond acceptors (Lipinski definition) is 5. The van der Waals surface area contributed by atoms with Gasteiger partial charge in [-0.1, -0.05) is 187 Å². The predicted octanol–water partition coefficient (Wildman–Crippen LogP) is 11.8. The van der Waals surface area contributed by atoms with Crippen molar-refractivity contribution in [2.75, 3.05) is 19.8 Å². The van der Waals surface area contributed by atoms with Crippen molar-refractivity contribution in [1.29, 1.82) is 0 Å². The van der Waals surface area contributed by atoms with Gasteiger partial charge in [0.1, 0.15) is 6.10 Å². The molecule has 8 heteroatoms. The van der Waals surface area contributed by atoms with E-state index >= 15 is 0 Å². The molecule has 0 bridgehead atoms. The van der Waals surface area contributed by atoms with Crippen LogP contribution < -0.4 is 0 Å². The first-order chi connectivity index (χ1) is 21.9. The lowest BCUT2D eigenvalue weighted by molar-refractivity contribution is -0.154. The molecule has 0 aliphatic heterocycles. The third-order valence-electron chi connectivity index (χ3n) is 8.66. The molecule has 1 atom stereocenters. The number of hydrogen-bond donors (Lipinski definition) is 2. The molecule has 0 heterocycles. The second kappa shape index (κ2) is 34.9. The molecule has 0 unspecified atom stereocenters. The SMILES string of the molecule is CCCCCCCCCCCCCCCCCCO[14CH2][14C@@H]([14CH2]OP(=O)(O)O)OC(=O)CCCCCCCCCCCCCCC.